The lowest BCUT2D eigenvalue weighted by molar-refractivity contribution is -0.125. The number of likely N-dealkylation sites (tertiary alicyclic amines) is 1. The number of benzene rings is 2. The molecule has 0 aromatic heterocycles. The predicted octanol–water partition coefficient (Wildman–Crippen LogP) is 5.60. The number of amides is 1. The molecule has 1 heterocycles. The van der Waals surface area contributed by atoms with Crippen LogP contribution in [-0.4, -0.2) is 53.2 Å². The smallest absolute Gasteiger partial charge is 0.335 e. The van der Waals surface area contributed by atoms with Gasteiger partial charge < -0.3 is 20.1 Å². The first-order chi connectivity index (χ1) is 17.6. The number of halogens is 1. The van der Waals surface area contributed by atoms with Crippen molar-refractivity contribution in [1.29, 1.82) is 0 Å². The standard InChI is InChI=1S/C30H37FN2O4/c1-30(2)16-20(17-33(30)3)28(34)32-21-11-12-22(15-21)37-26-13-10-19(29(35)36)14-24(26)23-8-5-9-25(31)27(23)18-6-4-7-18/h5,8-10,13-14,18,20-22H,4,6-7,11-12,15-17H2,1-3H3,(H,32,34)(H,35,36)/t20-,21+,22+/m0/s1. The SMILES string of the molecule is CN1C[C@@H](C(=O)N[C@@H]2CC[C@@H](Oc3ccc(C(=O)O)cc3-c3cccc(F)c3C3CCC3)C2)CC1(C)C. The number of nitrogens with zero attached hydrogens (tertiary/aromatic N) is 1. The Hall–Kier alpha value is -2.93. The number of carbonyl (C=O) groups excluding carboxylic acids is 1. The van der Waals surface area contributed by atoms with E-state index >= 15 is 0 Å². The van der Waals surface area contributed by atoms with Gasteiger partial charge in [0, 0.05) is 30.1 Å². The average Bonchev–Trinajstić information content (AvgIpc) is 3.36. The van der Waals surface area contributed by atoms with Gasteiger partial charge in [0.1, 0.15) is 17.7 Å². The van der Waals surface area contributed by atoms with Crippen LogP contribution in [0.5, 0.6) is 5.75 Å². The van der Waals surface area contributed by atoms with E-state index in [0.29, 0.717) is 28.9 Å². The highest BCUT2D eigenvalue weighted by molar-refractivity contribution is 5.91. The van der Waals surface area contributed by atoms with Crippen LogP contribution in [0.25, 0.3) is 11.1 Å². The van der Waals surface area contributed by atoms with Gasteiger partial charge in [0.15, 0.2) is 0 Å². The van der Waals surface area contributed by atoms with E-state index in [-0.39, 0.29) is 46.8 Å². The molecule has 198 valence electrons. The van der Waals surface area contributed by atoms with Crippen LogP contribution in [0, 0.1) is 11.7 Å². The summed E-state index contributed by atoms with van der Waals surface area (Å²) in [4.78, 5) is 26.9. The first-order valence-corrected chi connectivity index (χ1v) is 13.5. The van der Waals surface area contributed by atoms with Gasteiger partial charge in [0.25, 0.3) is 0 Å². The average molecular weight is 509 g/mol. The molecule has 6 nitrogen and oxygen atoms in total. The molecule has 37 heavy (non-hydrogen) atoms. The molecule has 2 saturated carbocycles. The molecule has 3 aliphatic rings. The fourth-order valence-electron chi connectivity index (χ4n) is 6.11. The number of hydrogen-bond acceptors (Lipinski definition) is 4. The van der Waals surface area contributed by atoms with Gasteiger partial charge in [-0.3, -0.25) is 4.79 Å². The van der Waals surface area contributed by atoms with Crippen LogP contribution in [0.3, 0.4) is 0 Å². The molecule has 0 unspecified atom stereocenters. The van der Waals surface area contributed by atoms with Gasteiger partial charge in [-0.25, -0.2) is 9.18 Å². The van der Waals surface area contributed by atoms with E-state index in [1.54, 1.807) is 18.2 Å². The van der Waals surface area contributed by atoms with Gasteiger partial charge in [-0.05, 0) is 94.3 Å². The van der Waals surface area contributed by atoms with E-state index in [4.69, 9.17) is 4.74 Å². The lowest BCUT2D eigenvalue weighted by Gasteiger charge is -2.29. The third-order valence-corrected chi connectivity index (χ3v) is 8.75. The Labute approximate surface area is 218 Å². The lowest BCUT2D eigenvalue weighted by atomic mass is 9.76. The topological polar surface area (TPSA) is 78.9 Å². The second kappa shape index (κ2) is 10.1. The summed E-state index contributed by atoms with van der Waals surface area (Å²) < 4.78 is 21.4. The van der Waals surface area contributed by atoms with Crippen LogP contribution in [0.4, 0.5) is 4.39 Å². The summed E-state index contributed by atoms with van der Waals surface area (Å²) in [6.45, 7) is 5.10. The first kappa shape index (κ1) is 25.7. The maximum absolute atomic E-state index is 15.0. The molecule has 1 amide bonds. The molecular formula is C30H37FN2O4. The predicted molar refractivity (Wildman–Crippen MR) is 140 cm³/mol. The maximum atomic E-state index is 15.0. The zero-order chi connectivity index (χ0) is 26.3. The zero-order valence-corrected chi connectivity index (χ0v) is 21.9. The normalized spacial score (nSPS) is 25.6. The van der Waals surface area contributed by atoms with Crippen molar-refractivity contribution in [3.8, 4) is 16.9 Å². The monoisotopic (exact) mass is 508 g/mol. The third-order valence-electron chi connectivity index (χ3n) is 8.75. The highest BCUT2D eigenvalue weighted by atomic mass is 19.1. The van der Waals surface area contributed by atoms with Crippen molar-refractivity contribution >= 4 is 11.9 Å². The number of aromatic carboxylic acids is 1. The Kier molecular flexibility index (Phi) is 7.01. The van der Waals surface area contributed by atoms with E-state index in [1.165, 1.54) is 12.1 Å². The van der Waals surface area contributed by atoms with E-state index in [0.717, 1.165) is 45.1 Å². The fourth-order valence-corrected chi connectivity index (χ4v) is 6.11. The maximum Gasteiger partial charge on any atom is 0.335 e. The van der Waals surface area contributed by atoms with Crippen LogP contribution in [0.1, 0.15) is 80.6 Å². The highest BCUT2D eigenvalue weighted by Gasteiger charge is 2.40. The Morgan fingerprint density at radius 3 is 2.54 bits per heavy atom. The van der Waals surface area contributed by atoms with Gasteiger partial charge in [0.2, 0.25) is 5.91 Å². The first-order valence-electron chi connectivity index (χ1n) is 13.5. The molecule has 1 aliphatic heterocycles. The Morgan fingerprint density at radius 2 is 1.89 bits per heavy atom. The van der Waals surface area contributed by atoms with Crippen molar-refractivity contribution in [2.75, 3.05) is 13.6 Å². The number of carbonyl (C=O) groups is 2. The van der Waals surface area contributed by atoms with Crippen molar-refractivity contribution in [2.45, 2.75) is 82.4 Å². The fraction of sp³-hybridized carbons (Fsp3) is 0.533. The molecule has 2 aromatic rings. The van der Waals surface area contributed by atoms with Crippen LogP contribution < -0.4 is 10.1 Å². The van der Waals surface area contributed by atoms with E-state index in [1.807, 2.05) is 6.07 Å². The third kappa shape index (κ3) is 5.24. The van der Waals surface area contributed by atoms with E-state index < -0.39 is 5.97 Å². The summed E-state index contributed by atoms with van der Waals surface area (Å²) in [7, 11) is 2.06. The Bertz CT molecular complexity index is 1190. The summed E-state index contributed by atoms with van der Waals surface area (Å²) in [5.74, 6) is -0.472. The van der Waals surface area contributed by atoms with Crippen molar-refractivity contribution in [2.24, 2.45) is 5.92 Å². The van der Waals surface area contributed by atoms with Crippen LogP contribution in [0.15, 0.2) is 36.4 Å². The van der Waals surface area contributed by atoms with Gasteiger partial charge >= 0.3 is 5.97 Å². The number of nitrogens with one attached hydrogen (secondary N) is 1. The van der Waals surface area contributed by atoms with Crippen molar-refractivity contribution in [3.63, 3.8) is 0 Å². The zero-order valence-electron chi connectivity index (χ0n) is 21.9. The van der Waals surface area contributed by atoms with E-state index in [9.17, 15) is 19.1 Å². The minimum absolute atomic E-state index is 0.00645. The lowest BCUT2D eigenvalue weighted by Crippen LogP contribution is -2.38. The van der Waals surface area contributed by atoms with Crippen molar-refractivity contribution in [3.05, 3.63) is 53.3 Å². The van der Waals surface area contributed by atoms with Gasteiger partial charge in [-0.1, -0.05) is 18.6 Å². The number of rotatable bonds is 7. The molecule has 2 aromatic carbocycles. The Morgan fingerprint density at radius 1 is 1.11 bits per heavy atom. The molecule has 2 aliphatic carbocycles. The van der Waals surface area contributed by atoms with Gasteiger partial charge in [0.05, 0.1) is 11.5 Å². The highest BCUT2D eigenvalue weighted by Crippen LogP contribution is 2.45. The number of ether oxygens (including phenoxy) is 1. The summed E-state index contributed by atoms with van der Waals surface area (Å²) in [5.41, 5.74) is 2.15. The van der Waals surface area contributed by atoms with Crippen LogP contribution in [-0.2, 0) is 4.79 Å². The minimum Gasteiger partial charge on any atom is -0.490 e. The molecular weight excluding hydrogens is 471 g/mol. The van der Waals surface area contributed by atoms with Crippen molar-refractivity contribution in [1.82, 2.24) is 10.2 Å². The van der Waals surface area contributed by atoms with Crippen molar-refractivity contribution < 1.29 is 23.8 Å². The molecule has 3 atom stereocenters. The van der Waals surface area contributed by atoms with Crippen LogP contribution >= 0.6 is 0 Å². The molecule has 1 saturated heterocycles. The molecule has 2 N–H and O–H groups in total. The number of carboxylic acids is 1. The number of hydrogen-bond donors (Lipinski definition) is 2. The second-order valence-electron chi connectivity index (χ2n) is 11.7. The molecule has 0 spiro atoms. The Balaban J connectivity index is 1.33. The molecule has 0 bridgehead atoms. The molecule has 3 fully saturated rings. The number of carboxylic acid groups (broad SMARTS) is 1. The van der Waals surface area contributed by atoms with E-state index in [2.05, 4.69) is 31.1 Å². The summed E-state index contributed by atoms with van der Waals surface area (Å²) in [5, 5.41) is 12.9. The molecule has 5 rings (SSSR count). The minimum atomic E-state index is -1.03. The van der Waals surface area contributed by atoms with Gasteiger partial charge in [-0.2, -0.15) is 0 Å². The second-order valence-corrected chi connectivity index (χ2v) is 11.7. The molecule has 7 heteroatoms. The largest absolute Gasteiger partial charge is 0.490 e. The van der Waals surface area contributed by atoms with Crippen LogP contribution in [0.2, 0.25) is 0 Å². The quantitative estimate of drug-likeness (QED) is 0.509. The summed E-state index contributed by atoms with van der Waals surface area (Å²) in [6.07, 6.45) is 5.98. The molecule has 0 radical (unpaired) electrons. The summed E-state index contributed by atoms with van der Waals surface area (Å²) in [6, 6.07) is 9.89. The van der Waals surface area contributed by atoms with Gasteiger partial charge in [-0.15, -0.1) is 0 Å². The summed E-state index contributed by atoms with van der Waals surface area (Å²) >= 11 is 0.